The number of amides is 2. The molecule has 3 aromatic carbocycles. The van der Waals surface area contributed by atoms with E-state index >= 15 is 0 Å². The Morgan fingerprint density at radius 3 is 2.34 bits per heavy atom. The fraction of sp³-hybridized carbons (Fsp3) is 0.417. The van der Waals surface area contributed by atoms with Crippen LogP contribution in [0.1, 0.15) is 61.8 Å². The summed E-state index contributed by atoms with van der Waals surface area (Å²) < 4.78 is 17.1. The number of likely N-dealkylation sites (tertiary alicyclic amines) is 1. The van der Waals surface area contributed by atoms with Crippen LogP contribution < -0.4 is 30.3 Å². The van der Waals surface area contributed by atoms with Crippen molar-refractivity contribution in [3.63, 3.8) is 0 Å². The van der Waals surface area contributed by atoms with Crippen molar-refractivity contribution >= 4 is 29.1 Å². The highest BCUT2D eigenvalue weighted by Gasteiger charge is 2.35. The summed E-state index contributed by atoms with van der Waals surface area (Å²) >= 11 is 6.00. The first-order chi connectivity index (χ1) is 22.6. The summed E-state index contributed by atoms with van der Waals surface area (Å²) in [6, 6.07) is 13.9. The first-order valence-corrected chi connectivity index (χ1v) is 16.2. The molecule has 2 aliphatic rings. The second kappa shape index (κ2) is 14.6. The van der Waals surface area contributed by atoms with Crippen LogP contribution in [0, 0.1) is 0 Å². The van der Waals surface area contributed by atoms with Crippen molar-refractivity contribution < 1.29 is 28.9 Å². The van der Waals surface area contributed by atoms with Crippen LogP contribution in [-0.2, 0) is 21.6 Å². The van der Waals surface area contributed by atoms with Gasteiger partial charge in [0.2, 0.25) is 23.0 Å². The average Bonchev–Trinajstić information content (AvgIpc) is 3.30. The zero-order valence-electron chi connectivity index (χ0n) is 27.3. The number of nitrogens with zero attached hydrogens (tertiary/aromatic N) is 1. The van der Waals surface area contributed by atoms with Crippen LogP contribution in [-0.4, -0.2) is 62.8 Å². The zero-order chi connectivity index (χ0) is 33.7. The highest BCUT2D eigenvalue weighted by molar-refractivity contribution is 6.30. The van der Waals surface area contributed by atoms with Gasteiger partial charge in [-0.05, 0) is 84.7 Å². The van der Waals surface area contributed by atoms with Crippen molar-refractivity contribution in [1.29, 1.82) is 0 Å². The number of aryl methyl sites for hydroxylation is 1. The van der Waals surface area contributed by atoms with Crippen LogP contribution in [0.3, 0.4) is 0 Å². The van der Waals surface area contributed by atoms with E-state index in [1.165, 1.54) is 6.92 Å². The van der Waals surface area contributed by atoms with Gasteiger partial charge in [0.1, 0.15) is 0 Å². The van der Waals surface area contributed by atoms with E-state index in [0.29, 0.717) is 91.7 Å². The van der Waals surface area contributed by atoms with Crippen LogP contribution in [0.15, 0.2) is 53.3 Å². The molecule has 0 aromatic heterocycles. The molecule has 0 bridgehead atoms. The first kappa shape index (κ1) is 34.1. The number of fused-ring (bicyclic) bond motifs is 3. The van der Waals surface area contributed by atoms with Crippen LogP contribution in [0.2, 0.25) is 5.02 Å². The van der Waals surface area contributed by atoms with Gasteiger partial charge in [-0.3, -0.25) is 14.4 Å². The normalized spacial score (nSPS) is 16.6. The largest absolute Gasteiger partial charge is 0.493 e. The zero-order valence-corrected chi connectivity index (χ0v) is 28.0. The van der Waals surface area contributed by atoms with Crippen molar-refractivity contribution in [2.45, 2.75) is 57.1 Å². The number of rotatable bonds is 10. The summed E-state index contributed by atoms with van der Waals surface area (Å²) in [5.74, 6) is 1.29. The molecular weight excluding hydrogens is 622 g/mol. The Morgan fingerprint density at radius 1 is 1.00 bits per heavy atom. The topological polar surface area (TPSA) is 126 Å². The summed E-state index contributed by atoms with van der Waals surface area (Å²) in [7, 11) is 4.68. The van der Waals surface area contributed by atoms with Gasteiger partial charge in [-0.25, -0.2) is 0 Å². The van der Waals surface area contributed by atoms with E-state index in [1.54, 1.807) is 50.5 Å². The molecule has 0 radical (unpaired) electrons. The van der Waals surface area contributed by atoms with Gasteiger partial charge in [-0.1, -0.05) is 29.8 Å². The predicted molar refractivity (Wildman–Crippen MR) is 182 cm³/mol. The number of hydrogen-bond acceptors (Lipinski definition) is 8. The van der Waals surface area contributed by atoms with Crippen molar-refractivity contribution in [2.24, 2.45) is 0 Å². The molecule has 11 heteroatoms. The molecule has 2 amide bonds. The average molecular weight is 664 g/mol. The Hall–Kier alpha value is -4.28. The second-order valence-electron chi connectivity index (χ2n) is 12.0. The van der Waals surface area contributed by atoms with Crippen molar-refractivity contribution in [1.82, 2.24) is 10.2 Å². The molecule has 1 aliphatic carbocycles. The molecule has 0 saturated carbocycles. The quantitative estimate of drug-likeness (QED) is 0.252. The molecule has 1 heterocycles. The molecule has 10 nitrogen and oxygen atoms in total. The standard InChI is InChI=1S/C36H42ClN3O7/c1-22(41)39-28-13-7-23-20-31(45-2)34(46-3)35(47-4)33(23)26-12-14-29(30(42)21-27(26)28)38-17-5-6-32(43)40-18-15-36(44,16-19-40)24-8-10-25(37)11-9-24/h8-12,14,20-21,28,44H,5-7,13,15-19H2,1-4H3,(H,38,42)(H,39,41)/t28-/m0/s1. The van der Waals surface area contributed by atoms with Gasteiger partial charge in [0, 0.05) is 43.6 Å². The molecule has 47 heavy (non-hydrogen) atoms. The minimum absolute atomic E-state index is 0.0175. The number of piperidine rings is 1. The number of nitrogens with one attached hydrogen (secondary N) is 2. The summed E-state index contributed by atoms with van der Waals surface area (Å²) in [6.45, 7) is 2.81. The van der Waals surface area contributed by atoms with E-state index in [0.717, 1.165) is 22.3 Å². The van der Waals surface area contributed by atoms with Gasteiger partial charge in [-0.15, -0.1) is 0 Å². The lowest BCUT2D eigenvalue weighted by Gasteiger charge is -2.38. The molecule has 0 unspecified atom stereocenters. The molecule has 1 atom stereocenters. The molecule has 1 fully saturated rings. The number of carbonyl (C=O) groups is 2. The third-order valence-electron chi connectivity index (χ3n) is 9.12. The lowest BCUT2D eigenvalue weighted by atomic mass is 9.84. The number of anilines is 1. The van der Waals surface area contributed by atoms with Crippen LogP contribution in [0.5, 0.6) is 17.2 Å². The Labute approximate surface area is 280 Å². The number of hydrogen-bond donors (Lipinski definition) is 3. The first-order valence-electron chi connectivity index (χ1n) is 15.9. The predicted octanol–water partition coefficient (Wildman–Crippen LogP) is 5.22. The van der Waals surface area contributed by atoms with Gasteiger partial charge in [-0.2, -0.15) is 0 Å². The van der Waals surface area contributed by atoms with Crippen molar-refractivity contribution in [3.05, 3.63) is 80.5 Å². The highest BCUT2D eigenvalue weighted by atomic mass is 35.5. The Balaban J connectivity index is 1.31. The molecule has 0 spiro atoms. The van der Waals surface area contributed by atoms with Gasteiger partial charge in [0.05, 0.1) is 38.7 Å². The third-order valence-corrected chi connectivity index (χ3v) is 9.38. The summed E-state index contributed by atoms with van der Waals surface area (Å²) in [4.78, 5) is 40.5. The van der Waals surface area contributed by atoms with E-state index in [-0.39, 0.29) is 17.2 Å². The number of aliphatic hydroxyl groups is 1. The Bertz CT molecular complexity index is 1690. The van der Waals surface area contributed by atoms with E-state index in [2.05, 4.69) is 10.6 Å². The fourth-order valence-electron chi connectivity index (χ4n) is 6.65. The second-order valence-corrected chi connectivity index (χ2v) is 12.5. The van der Waals surface area contributed by atoms with Crippen molar-refractivity contribution in [2.75, 3.05) is 46.3 Å². The lowest BCUT2D eigenvalue weighted by Crippen LogP contribution is -2.45. The Kier molecular flexibility index (Phi) is 10.6. The summed E-state index contributed by atoms with van der Waals surface area (Å²) in [5, 5.41) is 18.0. The number of carbonyl (C=O) groups excluding carboxylic acids is 2. The molecule has 1 saturated heterocycles. The van der Waals surface area contributed by atoms with E-state index in [4.69, 9.17) is 25.8 Å². The van der Waals surface area contributed by atoms with Crippen molar-refractivity contribution in [3.8, 4) is 28.4 Å². The van der Waals surface area contributed by atoms with Gasteiger partial charge in [0.15, 0.2) is 11.5 Å². The van der Waals surface area contributed by atoms with E-state index in [9.17, 15) is 19.5 Å². The van der Waals surface area contributed by atoms with E-state index in [1.807, 2.05) is 24.3 Å². The van der Waals surface area contributed by atoms with Crippen LogP contribution in [0.4, 0.5) is 5.69 Å². The number of methoxy groups -OCH3 is 3. The molecule has 1 aliphatic heterocycles. The Morgan fingerprint density at radius 2 is 1.70 bits per heavy atom. The van der Waals surface area contributed by atoms with Crippen LogP contribution >= 0.6 is 11.6 Å². The third kappa shape index (κ3) is 7.34. The maximum Gasteiger partial charge on any atom is 0.222 e. The molecular formula is C36H42ClN3O7. The SMILES string of the molecule is COc1cc2c(c(OC)c1OC)-c1ccc(NCCCC(=O)N3CCC(O)(c4ccc(Cl)cc4)CC3)c(=O)cc1[C@@H](NC(C)=O)CC2. The smallest absolute Gasteiger partial charge is 0.222 e. The maximum atomic E-state index is 13.5. The number of halogens is 1. The van der Waals surface area contributed by atoms with Gasteiger partial charge in [0.25, 0.3) is 0 Å². The minimum atomic E-state index is -0.977. The summed E-state index contributed by atoms with van der Waals surface area (Å²) in [6.07, 6.45) is 2.93. The number of benzene rings is 2. The fourth-order valence-corrected chi connectivity index (χ4v) is 6.78. The van der Waals surface area contributed by atoms with E-state index < -0.39 is 11.6 Å². The maximum absolute atomic E-state index is 13.5. The van der Waals surface area contributed by atoms with Crippen LogP contribution in [0.25, 0.3) is 11.1 Å². The molecule has 250 valence electrons. The highest BCUT2D eigenvalue weighted by Crippen LogP contribution is 2.50. The minimum Gasteiger partial charge on any atom is -0.493 e. The number of ether oxygens (including phenoxy) is 3. The summed E-state index contributed by atoms with van der Waals surface area (Å²) in [5.41, 5.74) is 3.15. The van der Waals surface area contributed by atoms with Gasteiger partial charge >= 0.3 is 0 Å². The monoisotopic (exact) mass is 663 g/mol. The van der Waals surface area contributed by atoms with Gasteiger partial charge < -0.3 is 34.9 Å². The molecule has 5 rings (SSSR count). The lowest BCUT2D eigenvalue weighted by molar-refractivity contribution is -0.135. The molecule has 3 N–H and O–H groups in total. The molecule has 3 aromatic rings.